The molecule has 0 aliphatic carbocycles. The van der Waals surface area contributed by atoms with E-state index in [4.69, 9.17) is 0 Å². The van der Waals surface area contributed by atoms with Crippen molar-refractivity contribution in [2.45, 2.75) is 19.8 Å². The lowest BCUT2D eigenvalue weighted by atomic mass is 10.1. The maximum atomic E-state index is 4.61. The topological polar surface area (TPSA) is 30.7 Å². The molecular formula is C12H15N3. The lowest BCUT2D eigenvalue weighted by Crippen LogP contribution is -1.98. The van der Waals surface area contributed by atoms with Crippen LogP contribution in [-0.2, 0) is 7.05 Å². The van der Waals surface area contributed by atoms with Gasteiger partial charge in [0, 0.05) is 18.9 Å². The highest BCUT2D eigenvalue weighted by Gasteiger charge is 2.06. The first-order valence-electron chi connectivity index (χ1n) is 5.14. The Bertz CT molecular complexity index is 457. The van der Waals surface area contributed by atoms with E-state index in [1.165, 1.54) is 0 Å². The van der Waals surface area contributed by atoms with Gasteiger partial charge in [0.05, 0.1) is 11.4 Å². The van der Waals surface area contributed by atoms with Crippen LogP contribution in [0.2, 0.25) is 0 Å². The highest BCUT2D eigenvalue weighted by molar-refractivity contribution is 5.54. The fourth-order valence-corrected chi connectivity index (χ4v) is 1.54. The van der Waals surface area contributed by atoms with Crippen LogP contribution >= 0.6 is 0 Å². The molecule has 0 aromatic carbocycles. The van der Waals surface area contributed by atoms with Crippen molar-refractivity contribution in [3.63, 3.8) is 0 Å². The van der Waals surface area contributed by atoms with E-state index in [0.717, 1.165) is 17.1 Å². The first kappa shape index (κ1) is 9.90. The third-order valence-corrected chi connectivity index (χ3v) is 2.45. The van der Waals surface area contributed by atoms with Gasteiger partial charge in [-0.2, -0.15) is 5.10 Å². The van der Waals surface area contributed by atoms with Crippen molar-refractivity contribution in [1.82, 2.24) is 14.8 Å². The molecule has 2 aromatic heterocycles. The number of aromatic nitrogens is 3. The van der Waals surface area contributed by atoms with Crippen molar-refractivity contribution in [2.24, 2.45) is 7.05 Å². The molecule has 0 radical (unpaired) electrons. The van der Waals surface area contributed by atoms with Gasteiger partial charge in [0.2, 0.25) is 0 Å². The summed E-state index contributed by atoms with van der Waals surface area (Å²) in [6.07, 6.45) is 1.79. The molecule has 0 saturated carbocycles. The first-order chi connectivity index (χ1) is 7.18. The van der Waals surface area contributed by atoms with Gasteiger partial charge in [-0.15, -0.1) is 0 Å². The van der Waals surface area contributed by atoms with Crippen LogP contribution in [0.4, 0.5) is 0 Å². The number of pyridine rings is 1. The monoisotopic (exact) mass is 201 g/mol. The van der Waals surface area contributed by atoms with Gasteiger partial charge >= 0.3 is 0 Å². The van der Waals surface area contributed by atoms with Crippen molar-refractivity contribution in [2.75, 3.05) is 0 Å². The average molecular weight is 201 g/mol. The largest absolute Gasteiger partial charge is 0.266 e. The lowest BCUT2D eigenvalue weighted by molar-refractivity contribution is 0.769. The molecule has 3 nitrogen and oxygen atoms in total. The summed E-state index contributed by atoms with van der Waals surface area (Å²) in [5.41, 5.74) is 3.16. The Kier molecular flexibility index (Phi) is 2.54. The molecule has 2 heterocycles. The molecular weight excluding hydrogens is 186 g/mol. The van der Waals surface area contributed by atoms with Gasteiger partial charge in [0.25, 0.3) is 0 Å². The van der Waals surface area contributed by atoms with Crippen LogP contribution in [0.5, 0.6) is 0 Å². The second-order valence-corrected chi connectivity index (χ2v) is 3.94. The lowest BCUT2D eigenvalue weighted by Gasteiger charge is -2.07. The molecule has 0 N–H and O–H groups in total. The minimum atomic E-state index is 0.457. The Hall–Kier alpha value is -1.64. The molecule has 0 atom stereocenters. The van der Waals surface area contributed by atoms with Gasteiger partial charge < -0.3 is 0 Å². The molecule has 0 amide bonds. The molecule has 0 spiro atoms. The molecule has 2 aromatic rings. The first-order valence-corrected chi connectivity index (χ1v) is 5.14. The van der Waals surface area contributed by atoms with Crippen LogP contribution < -0.4 is 0 Å². The predicted octanol–water partition coefficient (Wildman–Crippen LogP) is 2.61. The van der Waals surface area contributed by atoms with Gasteiger partial charge in [-0.1, -0.05) is 19.9 Å². The summed E-state index contributed by atoms with van der Waals surface area (Å²) in [4.78, 5) is 4.61. The van der Waals surface area contributed by atoms with Crippen molar-refractivity contribution in [1.29, 1.82) is 0 Å². The Balaban J connectivity index is 2.46. The van der Waals surface area contributed by atoms with E-state index >= 15 is 0 Å². The van der Waals surface area contributed by atoms with Crippen molar-refractivity contribution < 1.29 is 0 Å². The number of rotatable bonds is 2. The zero-order valence-electron chi connectivity index (χ0n) is 9.31. The maximum Gasteiger partial charge on any atom is 0.0886 e. The molecule has 0 fully saturated rings. The van der Waals surface area contributed by atoms with Crippen LogP contribution in [0.25, 0.3) is 11.4 Å². The minimum Gasteiger partial charge on any atom is -0.266 e. The Morgan fingerprint density at radius 3 is 2.60 bits per heavy atom. The molecule has 0 aliphatic heterocycles. The summed E-state index contributed by atoms with van der Waals surface area (Å²) in [5.74, 6) is 0.457. The van der Waals surface area contributed by atoms with E-state index in [2.05, 4.69) is 30.0 Å². The quantitative estimate of drug-likeness (QED) is 0.747. The molecule has 0 bridgehead atoms. The summed E-state index contributed by atoms with van der Waals surface area (Å²) in [7, 11) is 1.93. The van der Waals surface area contributed by atoms with Gasteiger partial charge in [-0.3, -0.25) is 9.67 Å². The molecule has 15 heavy (non-hydrogen) atoms. The van der Waals surface area contributed by atoms with E-state index in [1.54, 1.807) is 6.20 Å². The van der Waals surface area contributed by atoms with Gasteiger partial charge in [-0.25, -0.2) is 0 Å². The molecule has 0 saturated heterocycles. The fourth-order valence-electron chi connectivity index (χ4n) is 1.54. The Labute approximate surface area is 89.8 Å². The summed E-state index contributed by atoms with van der Waals surface area (Å²) < 4.78 is 1.84. The number of hydrogen-bond acceptors (Lipinski definition) is 2. The SMILES string of the molecule is CC(C)c1cccc(-c2ccnn2C)n1. The third kappa shape index (κ3) is 1.91. The average Bonchev–Trinajstić information content (AvgIpc) is 2.64. The van der Waals surface area contributed by atoms with Crippen LogP contribution in [0.3, 0.4) is 0 Å². The molecule has 3 heteroatoms. The van der Waals surface area contributed by atoms with E-state index in [9.17, 15) is 0 Å². The van der Waals surface area contributed by atoms with Crippen LogP contribution in [0.1, 0.15) is 25.5 Å². The molecule has 2 rings (SSSR count). The normalized spacial score (nSPS) is 10.9. The van der Waals surface area contributed by atoms with Gasteiger partial charge in [0.1, 0.15) is 0 Å². The minimum absolute atomic E-state index is 0.457. The third-order valence-electron chi connectivity index (χ3n) is 2.45. The van der Waals surface area contributed by atoms with E-state index in [-0.39, 0.29) is 0 Å². The standard InChI is InChI=1S/C12H15N3/c1-9(2)10-5-4-6-11(14-10)12-7-8-13-15(12)3/h4-9H,1-3H3. The maximum absolute atomic E-state index is 4.61. The Morgan fingerprint density at radius 1 is 1.20 bits per heavy atom. The zero-order chi connectivity index (χ0) is 10.8. The van der Waals surface area contributed by atoms with E-state index in [0.29, 0.717) is 5.92 Å². The smallest absolute Gasteiger partial charge is 0.0886 e. The molecule has 78 valence electrons. The molecule has 0 aliphatic rings. The van der Waals surface area contributed by atoms with Crippen molar-refractivity contribution >= 4 is 0 Å². The Morgan fingerprint density at radius 2 is 2.00 bits per heavy atom. The van der Waals surface area contributed by atoms with Crippen molar-refractivity contribution in [3.8, 4) is 11.4 Å². The number of aryl methyl sites for hydroxylation is 1. The second-order valence-electron chi connectivity index (χ2n) is 3.94. The molecule has 0 unspecified atom stereocenters. The predicted molar refractivity (Wildman–Crippen MR) is 60.5 cm³/mol. The zero-order valence-corrected chi connectivity index (χ0v) is 9.31. The van der Waals surface area contributed by atoms with E-state index < -0.39 is 0 Å². The summed E-state index contributed by atoms with van der Waals surface area (Å²) >= 11 is 0. The fraction of sp³-hybridized carbons (Fsp3) is 0.333. The summed E-state index contributed by atoms with van der Waals surface area (Å²) in [6.45, 7) is 4.30. The number of nitrogens with zero attached hydrogens (tertiary/aromatic N) is 3. The van der Waals surface area contributed by atoms with Crippen LogP contribution in [0.15, 0.2) is 30.5 Å². The summed E-state index contributed by atoms with van der Waals surface area (Å²) in [6, 6.07) is 8.10. The van der Waals surface area contributed by atoms with Crippen molar-refractivity contribution in [3.05, 3.63) is 36.2 Å². The van der Waals surface area contributed by atoms with Gasteiger partial charge in [0.15, 0.2) is 0 Å². The van der Waals surface area contributed by atoms with E-state index in [1.807, 2.05) is 29.9 Å². The second kappa shape index (κ2) is 3.85. The number of hydrogen-bond donors (Lipinski definition) is 0. The van der Waals surface area contributed by atoms with Crippen LogP contribution in [0, 0.1) is 0 Å². The highest BCUT2D eigenvalue weighted by atomic mass is 15.3. The summed E-state index contributed by atoms with van der Waals surface area (Å²) in [5, 5.41) is 4.14. The van der Waals surface area contributed by atoms with Gasteiger partial charge in [-0.05, 0) is 24.1 Å². The highest BCUT2D eigenvalue weighted by Crippen LogP contribution is 2.19. The van der Waals surface area contributed by atoms with Crippen LogP contribution in [-0.4, -0.2) is 14.8 Å².